The summed E-state index contributed by atoms with van der Waals surface area (Å²) in [4.78, 5) is 0. The molecule has 2 rings (SSSR count). The summed E-state index contributed by atoms with van der Waals surface area (Å²) in [6.45, 7) is 4.45. The van der Waals surface area contributed by atoms with Crippen LogP contribution in [0.25, 0.3) is 11.1 Å². The fourth-order valence-corrected chi connectivity index (χ4v) is 2.12. The molecule has 1 heteroatoms. The minimum atomic E-state index is 0.658. The van der Waals surface area contributed by atoms with Gasteiger partial charge in [0.15, 0.2) is 0 Å². The van der Waals surface area contributed by atoms with E-state index in [9.17, 15) is 0 Å². The Bertz CT molecular complexity index is 576. The Balaban J connectivity index is 2.35. The van der Waals surface area contributed by atoms with Crippen LogP contribution in [-0.4, -0.2) is 0 Å². The van der Waals surface area contributed by atoms with Gasteiger partial charge in [0.05, 0.1) is 11.6 Å². The largest absolute Gasteiger partial charge is 0.192 e. The minimum absolute atomic E-state index is 0.658. The topological polar surface area (TPSA) is 23.8 Å². The lowest BCUT2D eigenvalue weighted by Gasteiger charge is -2.08. The molecular formula is C17H17N. The van der Waals surface area contributed by atoms with E-state index in [4.69, 9.17) is 5.26 Å². The molecule has 0 saturated carbocycles. The van der Waals surface area contributed by atoms with Crippen molar-refractivity contribution >= 4 is 0 Å². The summed E-state index contributed by atoms with van der Waals surface area (Å²) < 4.78 is 0. The van der Waals surface area contributed by atoms with Crippen molar-refractivity contribution in [1.29, 1.82) is 5.26 Å². The molecule has 0 spiro atoms. The van der Waals surface area contributed by atoms with Crippen molar-refractivity contribution in [2.75, 3.05) is 0 Å². The second-order valence-electron chi connectivity index (χ2n) is 4.99. The maximum absolute atomic E-state index is 8.93. The van der Waals surface area contributed by atoms with Crippen LogP contribution in [0.1, 0.15) is 25.0 Å². The molecule has 0 amide bonds. The molecule has 0 aromatic heterocycles. The molecule has 90 valence electrons. The Morgan fingerprint density at radius 2 is 1.67 bits per heavy atom. The highest BCUT2D eigenvalue weighted by molar-refractivity contribution is 5.65. The Kier molecular flexibility index (Phi) is 3.79. The van der Waals surface area contributed by atoms with Crippen molar-refractivity contribution in [3.63, 3.8) is 0 Å². The molecule has 0 radical (unpaired) electrons. The van der Waals surface area contributed by atoms with Crippen LogP contribution in [-0.2, 0) is 6.42 Å². The Morgan fingerprint density at radius 3 is 2.33 bits per heavy atom. The number of benzene rings is 2. The molecular weight excluding hydrogens is 218 g/mol. The summed E-state index contributed by atoms with van der Waals surface area (Å²) in [5.74, 6) is 0.658. The molecule has 2 aromatic carbocycles. The molecule has 0 aliphatic carbocycles. The van der Waals surface area contributed by atoms with Crippen molar-refractivity contribution in [2.24, 2.45) is 5.92 Å². The maximum atomic E-state index is 8.93. The Hall–Kier alpha value is -2.07. The van der Waals surface area contributed by atoms with E-state index in [0.29, 0.717) is 11.5 Å². The third kappa shape index (κ3) is 2.99. The first-order valence-electron chi connectivity index (χ1n) is 6.28. The fraction of sp³-hybridized carbons (Fsp3) is 0.235. The van der Waals surface area contributed by atoms with E-state index in [1.165, 1.54) is 11.1 Å². The van der Waals surface area contributed by atoms with Gasteiger partial charge in [-0.05, 0) is 41.2 Å². The first-order valence-corrected chi connectivity index (χ1v) is 6.28. The van der Waals surface area contributed by atoms with Crippen LogP contribution in [0.5, 0.6) is 0 Å². The monoisotopic (exact) mass is 235 g/mol. The van der Waals surface area contributed by atoms with Crippen LogP contribution in [0.15, 0.2) is 48.5 Å². The average Bonchev–Trinajstić information content (AvgIpc) is 2.38. The third-order valence-electron chi connectivity index (χ3n) is 2.90. The van der Waals surface area contributed by atoms with Gasteiger partial charge in [-0.2, -0.15) is 5.26 Å². The van der Waals surface area contributed by atoms with Gasteiger partial charge in [0.1, 0.15) is 0 Å². The summed E-state index contributed by atoms with van der Waals surface area (Å²) in [5.41, 5.74) is 4.36. The molecule has 0 bridgehead atoms. The van der Waals surface area contributed by atoms with E-state index in [1.807, 2.05) is 18.2 Å². The molecule has 0 aliphatic rings. The van der Waals surface area contributed by atoms with Gasteiger partial charge in [-0.3, -0.25) is 0 Å². The van der Waals surface area contributed by atoms with Gasteiger partial charge >= 0.3 is 0 Å². The molecule has 2 aromatic rings. The number of nitrogens with zero attached hydrogens (tertiary/aromatic N) is 1. The Labute approximate surface area is 109 Å². The molecule has 0 aliphatic heterocycles. The number of hydrogen-bond acceptors (Lipinski definition) is 1. The van der Waals surface area contributed by atoms with Crippen LogP contribution in [0.2, 0.25) is 0 Å². The van der Waals surface area contributed by atoms with Gasteiger partial charge in [0, 0.05) is 0 Å². The van der Waals surface area contributed by atoms with E-state index >= 15 is 0 Å². The van der Waals surface area contributed by atoms with Gasteiger partial charge in [0.2, 0.25) is 0 Å². The van der Waals surface area contributed by atoms with Gasteiger partial charge in [-0.25, -0.2) is 0 Å². The van der Waals surface area contributed by atoms with E-state index in [1.54, 1.807) is 0 Å². The maximum Gasteiger partial charge on any atom is 0.0991 e. The predicted octanol–water partition coefficient (Wildman–Crippen LogP) is 4.42. The lowest BCUT2D eigenvalue weighted by Crippen LogP contribution is -1.94. The number of hydrogen-bond donors (Lipinski definition) is 0. The van der Waals surface area contributed by atoms with Gasteiger partial charge < -0.3 is 0 Å². The van der Waals surface area contributed by atoms with E-state index in [-0.39, 0.29) is 0 Å². The Morgan fingerprint density at radius 1 is 1.00 bits per heavy atom. The normalized spacial score (nSPS) is 10.3. The first-order chi connectivity index (χ1) is 8.69. The quantitative estimate of drug-likeness (QED) is 0.772. The number of nitriles is 1. The molecule has 18 heavy (non-hydrogen) atoms. The SMILES string of the molecule is CC(C)Cc1cccc(-c2cccc(C#N)c2)c1. The lowest BCUT2D eigenvalue weighted by atomic mass is 9.97. The standard InChI is InChI=1S/C17H17N/c1-13(2)9-14-5-3-7-16(10-14)17-8-4-6-15(11-17)12-18/h3-8,10-11,13H,9H2,1-2H3. The highest BCUT2D eigenvalue weighted by Gasteiger charge is 2.02. The molecule has 0 N–H and O–H groups in total. The van der Waals surface area contributed by atoms with Crippen molar-refractivity contribution < 1.29 is 0 Å². The summed E-state index contributed by atoms with van der Waals surface area (Å²) in [7, 11) is 0. The van der Waals surface area contributed by atoms with Crippen LogP contribution in [0.4, 0.5) is 0 Å². The zero-order valence-corrected chi connectivity index (χ0v) is 10.9. The average molecular weight is 235 g/mol. The van der Waals surface area contributed by atoms with E-state index < -0.39 is 0 Å². The third-order valence-corrected chi connectivity index (χ3v) is 2.90. The summed E-state index contributed by atoms with van der Waals surface area (Å²) in [5, 5.41) is 8.93. The van der Waals surface area contributed by atoms with Crippen LogP contribution >= 0.6 is 0 Å². The highest BCUT2D eigenvalue weighted by atomic mass is 14.2. The summed E-state index contributed by atoms with van der Waals surface area (Å²) in [6, 6.07) is 18.5. The van der Waals surface area contributed by atoms with Gasteiger partial charge in [-0.15, -0.1) is 0 Å². The molecule has 0 atom stereocenters. The molecule has 0 unspecified atom stereocenters. The zero-order valence-electron chi connectivity index (χ0n) is 10.9. The van der Waals surface area contributed by atoms with E-state index in [0.717, 1.165) is 12.0 Å². The van der Waals surface area contributed by atoms with Gasteiger partial charge in [-0.1, -0.05) is 50.2 Å². The minimum Gasteiger partial charge on any atom is -0.192 e. The van der Waals surface area contributed by atoms with Gasteiger partial charge in [0.25, 0.3) is 0 Å². The fourth-order valence-electron chi connectivity index (χ4n) is 2.12. The second kappa shape index (κ2) is 5.51. The summed E-state index contributed by atoms with van der Waals surface area (Å²) in [6.07, 6.45) is 1.09. The van der Waals surface area contributed by atoms with Crippen LogP contribution < -0.4 is 0 Å². The van der Waals surface area contributed by atoms with Crippen LogP contribution in [0, 0.1) is 17.2 Å². The number of rotatable bonds is 3. The van der Waals surface area contributed by atoms with E-state index in [2.05, 4.69) is 50.2 Å². The predicted molar refractivity (Wildman–Crippen MR) is 75.1 cm³/mol. The second-order valence-corrected chi connectivity index (χ2v) is 4.99. The molecule has 0 heterocycles. The van der Waals surface area contributed by atoms with Crippen molar-refractivity contribution in [2.45, 2.75) is 20.3 Å². The zero-order chi connectivity index (χ0) is 13.0. The summed E-state index contributed by atoms with van der Waals surface area (Å²) >= 11 is 0. The molecule has 0 saturated heterocycles. The van der Waals surface area contributed by atoms with Crippen molar-refractivity contribution in [3.8, 4) is 17.2 Å². The highest BCUT2D eigenvalue weighted by Crippen LogP contribution is 2.22. The van der Waals surface area contributed by atoms with Crippen molar-refractivity contribution in [1.82, 2.24) is 0 Å². The van der Waals surface area contributed by atoms with Crippen molar-refractivity contribution in [3.05, 3.63) is 59.7 Å². The molecule has 0 fully saturated rings. The molecule has 1 nitrogen and oxygen atoms in total. The lowest BCUT2D eigenvalue weighted by molar-refractivity contribution is 0.647. The first kappa shape index (κ1) is 12.4. The smallest absolute Gasteiger partial charge is 0.0991 e. The van der Waals surface area contributed by atoms with Crippen LogP contribution in [0.3, 0.4) is 0 Å².